The lowest BCUT2D eigenvalue weighted by Crippen LogP contribution is -2.13. The lowest BCUT2D eigenvalue weighted by atomic mass is 10.2. The molecule has 20 heavy (non-hydrogen) atoms. The smallest absolute Gasteiger partial charge is 0.120 e. The molecule has 0 aliphatic rings. The summed E-state index contributed by atoms with van der Waals surface area (Å²) in [5, 5.41) is 7.11. The molecule has 3 N–H and O–H groups in total. The minimum absolute atomic E-state index is 0.132. The predicted octanol–water partition coefficient (Wildman–Crippen LogP) is 2.97. The van der Waals surface area contributed by atoms with Crippen LogP contribution in [0.3, 0.4) is 0 Å². The summed E-state index contributed by atoms with van der Waals surface area (Å²) in [4.78, 5) is 0. The van der Waals surface area contributed by atoms with E-state index in [1.165, 1.54) is 0 Å². The van der Waals surface area contributed by atoms with Gasteiger partial charge in [-0.15, -0.1) is 0 Å². The van der Waals surface area contributed by atoms with Crippen LogP contribution in [-0.2, 0) is 6.61 Å². The van der Waals surface area contributed by atoms with Crippen molar-refractivity contribution in [2.75, 3.05) is 6.61 Å². The maximum atomic E-state index is 7.11. The van der Waals surface area contributed by atoms with Crippen LogP contribution in [0.2, 0.25) is 0 Å². The van der Waals surface area contributed by atoms with Crippen molar-refractivity contribution >= 4 is 5.84 Å². The molecular formula is C16H18N2O2. The Labute approximate surface area is 118 Å². The molecule has 0 spiro atoms. The van der Waals surface area contributed by atoms with Crippen LogP contribution >= 0.6 is 0 Å². The van der Waals surface area contributed by atoms with E-state index in [9.17, 15) is 0 Å². The van der Waals surface area contributed by atoms with Crippen LogP contribution in [0.15, 0.2) is 54.6 Å². The molecule has 2 rings (SSSR count). The molecule has 0 bridgehead atoms. The van der Waals surface area contributed by atoms with Crippen LogP contribution in [0.25, 0.3) is 0 Å². The molecule has 4 heteroatoms. The highest BCUT2D eigenvalue weighted by Gasteiger charge is 1.98. The summed E-state index contributed by atoms with van der Waals surface area (Å²) < 4.78 is 11.1. The van der Waals surface area contributed by atoms with E-state index < -0.39 is 0 Å². The third-order valence-electron chi connectivity index (χ3n) is 2.71. The Kier molecular flexibility index (Phi) is 5.00. The van der Waals surface area contributed by atoms with Gasteiger partial charge >= 0.3 is 0 Å². The van der Waals surface area contributed by atoms with Gasteiger partial charge in [-0.1, -0.05) is 30.3 Å². The first-order valence-electron chi connectivity index (χ1n) is 6.46. The Balaban J connectivity index is 1.81. The second kappa shape index (κ2) is 7.19. The molecule has 0 unspecified atom stereocenters. The zero-order chi connectivity index (χ0) is 14.2. The van der Waals surface area contributed by atoms with Gasteiger partial charge in [0.2, 0.25) is 0 Å². The molecule has 0 aliphatic carbocycles. The second-order valence-corrected chi connectivity index (χ2v) is 4.37. The summed E-state index contributed by atoms with van der Waals surface area (Å²) in [5.74, 6) is 1.68. The van der Waals surface area contributed by atoms with E-state index in [0.717, 1.165) is 17.1 Å². The van der Waals surface area contributed by atoms with Crippen LogP contribution < -0.4 is 15.2 Å². The highest BCUT2D eigenvalue weighted by Crippen LogP contribution is 2.18. The van der Waals surface area contributed by atoms with Crippen molar-refractivity contribution in [3.8, 4) is 11.5 Å². The van der Waals surface area contributed by atoms with Crippen LogP contribution in [0.4, 0.5) is 0 Å². The average Bonchev–Trinajstić information content (AvgIpc) is 2.47. The summed E-state index contributed by atoms with van der Waals surface area (Å²) in [7, 11) is 0. The first-order chi connectivity index (χ1) is 9.74. The van der Waals surface area contributed by atoms with Gasteiger partial charge in [0.1, 0.15) is 18.1 Å². The van der Waals surface area contributed by atoms with Crippen molar-refractivity contribution in [1.29, 1.82) is 5.41 Å². The van der Waals surface area contributed by atoms with E-state index in [0.29, 0.717) is 19.6 Å². The van der Waals surface area contributed by atoms with Crippen molar-refractivity contribution in [3.05, 3.63) is 60.2 Å². The lowest BCUT2D eigenvalue weighted by Gasteiger charge is -2.08. The Morgan fingerprint density at radius 1 is 0.900 bits per heavy atom. The van der Waals surface area contributed by atoms with E-state index >= 15 is 0 Å². The quantitative estimate of drug-likeness (QED) is 0.600. The summed E-state index contributed by atoms with van der Waals surface area (Å²) in [6.45, 7) is 0.963. The molecule has 4 nitrogen and oxygen atoms in total. The maximum Gasteiger partial charge on any atom is 0.120 e. The minimum atomic E-state index is 0.132. The standard InChI is InChI=1S/C16H18N2O2/c17-16(18)10-11-19-14-6-8-15(9-7-14)20-12-13-4-2-1-3-5-13/h1-9H,10-12H2,(H3,17,18). The van der Waals surface area contributed by atoms with Gasteiger partial charge in [0, 0.05) is 6.42 Å². The van der Waals surface area contributed by atoms with E-state index in [1.54, 1.807) is 0 Å². The van der Waals surface area contributed by atoms with E-state index in [2.05, 4.69) is 0 Å². The number of ether oxygens (including phenoxy) is 2. The molecule has 0 amide bonds. The summed E-state index contributed by atoms with van der Waals surface area (Å²) >= 11 is 0. The Bertz CT molecular complexity index is 538. The number of amidine groups is 1. The molecule has 0 fully saturated rings. The highest BCUT2D eigenvalue weighted by atomic mass is 16.5. The van der Waals surface area contributed by atoms with Gasteiger partial charge in [0.15, 0.2) is 0 Å². The van der Waals surface area contributed by atoms with Crippen LogP contribution in [0.1, 0.15) is 12.0 Å². The average molecular weight is 270 g/mol. The Morgan fingerprint density at radius 3 is 2.10 bits per heavy atom. The SMILES string of the molecule is N=C(N)CCOc1ccc(OCc2ccccc2)cc1. The molecule has 104 valence electrons. The molecule has 2 aromatic rings. The molecule has 0 atom stereocenters. The van der Waals surface area contributed by atoms with E-state index in [4.69, 9.17) is 20.6 Å². The first-order valence-corrected chi connectivity index (χ1v) is 6.46. The largest absolute Gasteiger partial charge is 0.493 e. The zero-order valence-corrected chi connectivity index (χ0v) is 11.2. The monoisotopic (exact) mass is 270 g/mol. The number of hydrogen-bond acceptors (Lipinski definition) is 3. The van der Waals surface area contributed by atoms with Crippen molar-refractivity contribution in [2.24, 2.45) is 5.73 Å². The van der Waals surface area contributed by atoms with Gasteiger partial charge in [0.05, 0.1) is 12.4 Å². The minimum Gasteiger partial charge on any atom is -0.493 e. The molecule has 0 radical (unpaired) electrons. The first kappa shape index (κ1) is 13.9. The third kappa shape index (κ3) is 4.65. The fraction of sp³-hybridized carbons (Fsp3) is 0.188. The number of rotatable bonds is 7. The molecule has 0 heterocycles. The van der Waals surface area contributed by atoms with Crippen molar-refractivity contribution in [1.82, 2.24) is 0 Å². The van der Waals surface area contributed by atoms with Crippen LogP contribution in [0.5, 0.6) is 11.5 Å². The number of hydrogen-bond donors (Lipinski definition) is 2. The van der Waals surface area contributed by atoms with Crippen LogP contribution in [0, 0.1) is 5.41 Å². The fourth-order valence-electron chi connectivity index (χ4n) is 1.65. The predicted molar refractivity (Wildman–Crippen MR) is 79.2 cm³/mol. The van der Waals surface area contributed by atoms with Gasteiger partial charge < -0.3 is 15.2 Å². The zero-order valence-electron chi connectivity index (χ0n) is 11.2. The molecule has 2 aromatic carbocycles. The molecule has 0 aromatic heterocycles. The number of benzene rings is 2. The number of nitrogens with one attached hydrogen (secondary N) is 1. The van der Waals surface area contributed by atoms with Crippen molar-refractivity contribution in [3.63, 3.8) is 0 Å². The summed E-state index contributed by atoms with van der Waals surface area (Å²) in [6, 6.07) is 17.4. The van der Waals surface area contributed by atoms with E-state index in [1.807, 2.05) is 54.6 Å². The maximum absolute atomic E-state index is 7.11. The Hall–Kier alpha value is -2.49. The third-order valence-corrected chi connectivity index (χ3v) is 2.71. The van der Waals surface area contributed by atoms with Crippen LogP contribution in [-0.4, -0.2) is 12.4 Å². The lowest BCUT2D eigenvalue weighted by molar-refractivity contribution is 0.303. The molecular weight excluding hydrogens is 252 g/mol. The topological polar surface area (TPSA) is 68.3 Å². The summed E-state index contributed by atoms with van der Waals surface area (Å²) in [5.41, 5.74) is 6.39. The van der Waals surface area contributed by atoms with Crippen molar-refractivity contribution < 1.29 is 9.47 Å². The molecule has 0 aliphatic heterocycles. The number of nitrogens with two attached hydrogens (primary N) is 1. The fourth-order valence-corrected chi connectivity index (χ4v) is 1.65. The van der Waals surface area contributed by atoms with Gasteiger partial charge in [-0.3, -0.25) is 5.41 Å². The van der Waals surface area contributed by atoms with Gasteiger partial charge in [-0.05, 0) is 29.8 Å². The van der Waals surface area contributed by atoms with Gasteiger partial charge in [-0.2, -0.15) is 0 Å². The summed E-state index contributed by atoms with van der Waals surface area (Å²) in [6.07, 6.45) is 0.437. The highest BCUT2D eigenvalue weighted by molar-refractivity contribution is 5.76. The molecule has 0 saturated carbocycles. The second-order valence-electron chi connectivity index (χ2n) is 4.37. The van der Waals surface area contributed by atoms with E-state index in [-0.39, 0.29) is 5.84 Å². The van der Waals surface area contributed by atoms with Crippen molar-refractivity contribution in [2.45, 2.75) is 13.0 Å². The Morgan fingerprint density at radius 2 is 1.50 bits per heavy atom. The normalized spacial score (nSPS) is 10.0. The van der Waals surface area contributed by atoms with Gasteiger partial charge in [0.25, 0.3) is 0 Å². The molecule has 0 saturated heterocycles. The van der Waals surface area contributed by atoms with Gasteiger partial charge in [-0.25, -0.2) is 0 Å².